The zero-order valence-corrected chi connectivity index (χ0v) is 52.2. The van der Waals surface area contributed by atoms with Gasteiger partial charge in [0.2, 0.25) is 0 Å². The van der Waals surface area contributed by atoms with Gasteiger partial charge in [-0.1, -0.05) is 214 Å². The van der Waals surface area contributed by atoms with Crippen molar-refractivity contribution in [1.82, 2.24) is 14.5 Å². The summed E-state index contributed by atoms with van der Waals surface area (Å²) in [6.45, 7) is 4.70. The summed E-state index contributed by atoms with van der Waals surface area (Å²) in [6.07, 6.45) is 3.38. The molecule has 0 N–H and O–H groups in total. The van der Waals surface area contributed by atoms with Gasteiger partial charge in [-0.15, -0.1) is 8.46 Å². The number of fused-ring (bicyclic) bond motifs is 9. The van der Waals surface area contributed by atoms with E-state index in [9.17, 15) is 4.39 Å². The van der Waals surface area contributed by atoms with Crippen molar-refractivity contribution in [3.63, 3.8) is 0 Å². The maximum atomic E-state index is 10.6. The molecule has 8 heteroatoms. The van der Waals surface area contributed by atoms with E-state index in [1.54, 1.807) is 0 Å². The van der Waals surface area contributed by atoms with Crippen LogP contribution in [0.3, 0.4) is 0 Å². The molecule has 84 heavy (non-hydrogen) atoms. The van der Waals surface area contributed by atoms with Gasteiger partial charge in [0.25, 0.3) is 0 Å². The fraction of sp³-hybridized carbons (Fsp3) is 0.0526. The normalized spacial score (nSPS) is 12.0. The van der Waals surface area contributed by atoms with Gasteiger partial charge in [0, 0.05) is 62.1 Å². The predicted octanol–water partition coefficient (Wildman–Crippen LogP) is 19.8. The molecule has 1 aliphatic rings. The Labute approximate surface area is 512 Å². The van der Waals surface area contributed by atoms with Crippen molar-refractivity contribution in [3.05, 3.63) is 303 Å². The van der Waals surface area contributed by atoms with Gasteiger partial charge in [-0.3, -0.25) is 9.97 Å². The first-order valence-electron chi connectivity index (χ1n) is 28.0. The van der Waals surface area contributed by atoms with Gasteiger partial charge < -0.3 is 9.47 Å². The molecule has 0 amide bonds. The van der Waals surface area contributed by atoms with Crippen molar-refractivity contribution < 1.29 is 4.39 Å². The van der Waals surface area contributed by atoms with Gasteiger partial charge >= 0.3 is 26.2 Å². The largest absolute Gasteiger partial charge is 0.254 e. The Bertz CT molecular complexity index is 4500. The fourth-order valence-electron chi connectivity index (χ4n) is 12.1. The van der Waals surface area contributed by atoms with E-state index < -0.39 is 0 Å². The number of hydrogen-bond acceptors (Lipinski definition) is 3. The molecule has 0 aliphatic heterocycles. The molecular formula is C76H59BBiFN4P. The van der Waals surface area contributed by atoms with Crippen LogP contribution >= 0.6 is 8.46 Å². The second-order valence-corrected chi connectivity index (χ2v) is 21.9. The summed E-state index contributed by atoms with van der Waals surface area (Å²) in [4.78, 5) is 11.7. The van der Waals surface area contributed by atoms with Crippen LogP contribution in [-0.2, 0) is 5.41 Å². The minimum absolute atomic E-state index is 0. The van der Waals surface area contributed by atoms with Crippen LogP contribution in [0.4, 0.5) is 21.5 Å². The molecule has 3 radical (unpaired) electrons. The van der Waals surface area contributed by atoms with Gasteiger partial charge in [0.1, 0.15) is 7.57 Å². The van der Waals surface area contributed by atoms with Crippen molar-refractivity contribution in [2.75, 3.05) is 11.3 Å². The van der Waals surface area contributed by atoms with Gasteiger partial charge in [-0.25, -0.2) is 4.39 Å². The summed E-state index contributed by atoms with van der Waals surface area (Å²) in [6, 6.07) is 100. The molecule has 1 aliphatic carbocycles. The number of benzene rings is 11. The number of halogens is 1. The van der Waals surface area contributed by atoms with E-state index in [1.165, 1.54) is 94.3 Å². The maximum absolute atomic E-state index is 10.6. The van der Waals surface area contributed by atoms with Gasteiger partial charge in [-0.05, 0) is 146 Å². The number of hydrogen-bond donors (Lipinski definition) is 0. The molecule has 15 rings (SSSR count). The Morgan fingerprint density at radius 2 is 0.833 bits per heavy atom. The number of alkyl halides is 1. The zero-order chi connectivity index (χ0) is 56.3. The molecule has 11 aromatic carbocycles. The molecule has 3 heterocycles. The van der Waals surface area contributed by atoms with Crippen LogP contribution < -0.4 is 4.90 Å². The molecule has 3 aromatic heterocycles. The number of para-hydroxylation sites is 2. The topological polar surface area (TPSA) is 34.0 Å². The number of rotatable bonds is 9. The van der Waals surface area contributed by atoms with Crippen LogP contribution in [0.25, 0.3) is 105 Å². The van der Waals surface area contributed by atoms with Crippen molar-refractivity contribution in [2.24, 2.45) is 0 Å². The van der Waals surface area contributed by atoms with E-state index in [1.807, 2.05) is 24.5 Å². The number of pyridine rings is 2. The monoisotopic (exact) mass is 1300 g/mol. The first kappa shape index (κ1) is 55.7. The second-order valence-electron chi connectivity index (χ2n) is 21.3. The number of aromatic nitrogens is 3. The number of nitrogens with zero attached hydrogens (tertiary/aromatic N) is 4. The molecular weight excluding hydrogens is 1240 g/mol. The summed E-state index contributed by atoms with van der Waals surface area (Å²) in [5, 5.41) is 4.78. The van der Waals surface area contributed by atoms with E-state index in [-0.39, 0.29) is 46.5 Å². The third kappa shape index (κ3) is 10.6. The predicted molar refractivity (Wildman–Crippen MR) is 360 cm³/mol. The Morgan fingerprint density at radius 3 is 1.40 bits per heavy atom. The number of anilines is 3. The van der Waals surface area contributed by atoms with Crippen LogP contribution in [-0.4, -0.2) is 54.7 Å². The van der Waals surface area contributed by atoms with Crippen LogP contribution in [0.2, 0.25) is 0 Å². The Balaban J connectivity index is 0.000000187. The molecule has 1 unspecified atom stereocenters. The summed E-state index contributed by atoms with van der Waals surface area (Å²) in [7, 11) is 4.65. The van der Waals surface area contributed by atoms with Crippen LogP contribution in [0, 0.1) is 0 Å². The molecule has 0 fully saturated rings. The maximum Gasteiger partial charge on any atom is 0.0970 e. The van der Waals surface area contributed by atoms with Gasteiger partial charge in [-0.2, -0.15) is 0 Å². The first-order valence-corrected chi connectivity index (χ1v) is 29.3. The molecule has 1 atom stereocenters. The average molecular weight is 1300 g/mol. The van der Waals surface area contributed by atoms with E-state index in [4.69, 9.17) is 0 Å². The molecule has 0 bridgehead atoms. The van der Waals surface area contributed by atoms with Crippen LogP contribution in [0.5, 0.6) is 0 Å². The third-order valence-electron chi connectivity index (χ3n) is 16.1. The summed E-state index contributed by atoms with van der Waals surface area (Å²) in [5.74, 6) is 0. The van der Waals surface area contributed by atoms with Crippen molar-refractivity contribution in [1.29, 1.82) is 0 Å². The SMILES string of the molecule is CC1(C)c2ccccc2-c2ccc(N(c3ccc(-c4ccccc4)cc3)c3ccc(-c4ccc5c(c4)c4ccccc4n5-c4ccccc4)cc3)cc21.[B]PCF.[BiH2].c1ccc(-c2ccnc3c2ccc2c(-c4ccccc4)ccnc23)cc1. The molecule has 403 valence electrons. The minimum atomic E-state index is -0.375. The molecule has 4 nitrogen and oxygen atoms in total. The van der Waals surface area contributed by atoms with E-state index in [2.05, 4.69) is 308 Å². The third-order valence-corrected chi connectivity index (χ3v) is 16.2. The average Bonchev–Trinajstić information content (AvgIpc) is 3.54. The van der Waals surface area contributed by atoms with Gasteiger partial charge in [0.15, 0.2) is 0 Å². The van der Waals surface area contributed by atoms with Crippen molar-refractivity contribution in [3.8, 4) is 61.3 Å². The molecule has 0 saturated heterocycles. The first-order chi connectivity index (χ1) is 40.9. The Morgan fingerprint density at radius 1 is 0.393 bits per heavy atom. The van der Waals surface area contributed by atoms with E-state index in [0.717, 1.165) is 38.9 Å². The zero-order valence-electron chi connectivity index (χ0n) is 46.7. The minimum Gasteiger partial charge on any atom is -0.254 e. The quantitative estimate of drug-likeness (QED) is 0.0820. The van der Waals surface area contributed by atoms with E-state index >= 15 is 0 Å². The summed E-state index contributed by atoms with van der Waals surface area (Å²) < 4.78 is 13.0. The smallest absolute Gasteiger partial charge is 0.0970 e. The fourth-order valence-corrected chi connectivity index (χ4v) is 12.1. The molecule has 0 saturated carbocycles. The van der Waals surface area contributed by atoms with Crippen LogP contribution in [0.1, 0.15) is 25.0 Å². The van der Waals surface area contributed by atoms with Crippen LogP contribution in [0.15, 0.2) is 291 Å². The molecule has 0 spiro atoms. The Hall–Kier alpha value is -8.85. The Kier molecular flexibility index (Phi) is 16.3. The second kappa shape index (κ2) is 24.5. The summed E-state index contributed by atoms with van der Waals surface area (Å²) >= 11 is 0. The van der Waals surface area contributed by atoms with Crippen molar-refractivity contribution >= 4 is 103 Å². The molecule has 14 aromatic rings. The van der Waals surface area contributed by atoms with E-state index in [0.29, 0.717) is 0 Å². The standard InChI is InChI=1S/C51H38N2.C24H16N2.CH3BFP.Bi.2H/c1-51(2)47-19-11-9-17-43(47)44-31-30-42(34-48(44)51)52(40-26-21-36(22-27-40)35-13-5-3-6-14-35)41-28-23-37(24-29-41)38-25-32-50-46(33-38)45-18-10-12-20-49(45)53(50)39-15-7-4-8-16-39;1-3-7-17(8-4-1)19-13-15-25-23-21(19)11-12-22-20(14-16-26-24(22)23)18-9-5-2-6-10-18;2-4-1-3;;;/h3-34H,1-2H3;1-16H;4H,1H2;;;. The van der Waals surface area contributed by atoms with Gasteiger partial charge in [0.05, 0.1) is 28.5 Å². The summed E-state index contributed by atoms with van der Waals surface area (Å²) in [5.41, 5.74) is 23.8. The van der Waals surface area contributed by atoms with Crippen molar-refractivity contribution in [2.45, 2.75) is 19.3 Å².